The molecule has 1 rings (SSSR count). The van der Waals surface area contributed by atoms with Gasteiger partial charge in [0.05, 0.1) is 19.1 Å². The average molecular weight is 487 g/mol. The van der Waals surface area contributed by atoms with E-state index in [1.165, 1.54) is 24.3 Å². The number of carbonyl (C=O) groups is 5. The summed E-state index contributed by atoms with van der Waals surface area (Å²) in [5.41, 5.74) is 5.93. The first-order valence-electron chi connectivity index (χ1n) is 9.59. The maximum Gasteiger partial charge on any atom is 0.327 e. The second kappa shape index (κ2) is 13.2. The highest BCUT2D eigenvalue weighted by molar-refractivity contribution is 7.80. The van der Waals surface area contributed by atoms with E-state index in [2.05, 4.69) is 28.6 Å². The fourth-order valence-electron chi connectivity index (χ4n) is 2.56. The molecular weight excluding hydrogens is 460 g/mol. The van der Waals surface area contributed by atoms with Gasteiger partial charge in [0.1, 0.15) is 23.9 Å². The number of carbonyl (C=O) groups excluding carboxylic acids is 3. The summed E-state index contributed by atoms with van der Waals surface area (Å²) in [6, 6.07) is -0.0676. The number of carboxylic acid groups (broad SMARTS) is 2. The number of hydrogen-bond donors (Lipinski definition) is 9. The third kappa shape index (κ3) is 9.34. The third-order valence-corrected chi connectivity index (χ3v) is 4.72. The van der Waals surface area contributed by atoms with Gasteiger partial charge in [-0.05, 0) is 17.7 Å². The molecule has 4 unspecified atom stereocenters. The lowest BCUT2D eigenvalue weighted by atomic mass is 10.0. The van der Waals surface area contributed by atoms with Gasteiger partial charge in [-0.15, -0.1) is 0 Å². The minimum Gasteiger partial charge on any atom is -0.508 e. The number of aliphatic hydroxyl groups is 1. The summed E-state index contributed by atoms with van der Waals surface area (Å²) in [5.74, 6) is -5.82. The molecule has 33 heavy (non-hydrogen) atoms. The molecule has 14 heteroatoms. The Bertz CT molecular complexity index is 865. The number of aliphatic carboxylic acids is 2. The van der Waals surface area contributed by atoms with E-state index in [-0.39, 0.29) is 17.9 Å². The number of phenols is 1. The molecule has 0 radical (unpaired) electrons. The quantitative estimate of drug-likeness (QED) is 0.130. The van der Waals surface area contributed by atoms with E-state index in [1.54, 1.807) is 0 Å². The molecule has 0 bridgehead atoms. The van der Waals surface area contributed by atoms with Crippen LogP contribution in [0.3, 0.4) is 0 Å². The third-order valence-electron chi connectivity index (χ3n) is 4.35. The van der Waals surface area contributed by atoms with Crippen LogP contribution in [0.5, 0.6) is 5.75 Å². The van der Waals surface area contributed by atoms with E-state index in [1.807, 2.05) is 0 Å². The second-order valence-electron chi connectivity index (χ2n) is 6.96. The van der Waals surface area contributed by atoms with Gasteiger partial charge < -0.3 is 42.1 Å². The van der Waals surface area contributed by atoms with Crippen molar-refractivity contribution in [3.05, 3.63) is 29.8 Å². The molecule has 4 atom stereocenters. The van der Waals surface area contributed by atoms with Crippen LogP contribution in [-0.2, 0) is 30.4 Å². The number of nitrogens with one attached hydrogen (secondary N) is 3. The number of amides is 3. The van der Waals surface area contributed by atoms with E-state index in [0.29, 0.717) is 5.56 Å². The molecule has 0 fully saturated rings. The topological polar surface area (TPSA) is 228 Å². The van der Waals surface area contributed by atoms with E-state index in [9.17, 15) is 34.2 Å². The van der Waals surface area contributed by atoms with Crippen molar-refractivity contribution in [1.29, 1.82) is 0 Å². The predicted molar refractivity (Wildman–Crippen MR) is 116 cm³/mol. The second-order valence-corrected chi connectivity index (χ2v) is 7.33. The fourth-order valence-corrected chi connectivity index (χ4v) is 2.81. The predicted octanol–water partition coefficient (Wildman–Crippen LogP) is -2.80. The summed E-state index contributed by atoms with van der Waals surface area (Å²) in [6.45, 7) is -0.890. The summed E-state index contributed by atoms with van der Waals surface area (Å²) >= 11 is 3.86. The molecule has 182 valence electrons. The Kier molecular flexibility index (Phi) is 11.1. The number of aromatic hydroxyl groups is 1. The Hall–Kier alpha value is -3.36. The Morgan fingerprint density at radius 1 is 0.879 bits per heavy atom. The first kappa shape index (κ1) is 27.7. The van der Waals surface area contributed by atoms with Gasteiger partial charge in [-0.25, -0.2) is 4.79 Å². The fraction of sp³-hybridized carbons (Fsp3) is 0.421. The number of phenolic OH excluding ortho intramolecular Hbond substituents is 1. The van der Waals surface area contributed by atoms with Gasteiger partial charge in [-0.1, -0.05) is 12.1 Å². The summed E-state index contributed by atoms with van der Waals surface area (Å²) in [6.07, 6.45) is -0.834. The van der Waals surface area contributed by atoms with Crippen LogP contribution in [0.4, 0.5) is 0 Å². The van der Waals surface area contributed by atoms with Crippen LogP contribution in [0, 0.1) is 0 Å². The van der Waals surface area contributed by atoms with Crippen LogP contribution in [0.1, 0.15) is 12.0 Å². The minimum atomic E-state index is -1.56. The number of benzene rings is 1. The molecule has 9 N–H and O–H groups in total. The molecule has 0 aliphatic heterocycles. The lowest BCUT2D eigenvalue weighted by Crippen LogP contribution is -2.58. The molecule has 1 aromatic rings. The zero-order chi connectivity index (χ0) is 25.1. The van der Waals surface area contributed by atoms with Gasteiger partial charge in [-0.2, -0.15) is 12.6 Å². The lowest BCUT2D eigenvalue weighted by molar-refractivity contribution is -0.141. The molecule has 0 saturated carbocycles. The summed E-state index contributed by atoms with van der Waals surface area (Å²) < 4.78 is 0. The Balaban J connectivity index is 3.00. The van der Waals surface area contributed by atoms with Crippen molar-refractivity contribution in [2.24, 2.45) is 5.73 Å². The SMILES string of the molecule is NC(CC(=O)O)C(=O)NC(CO)C(=O)NC(Cc1ccc(O)cc1)C(=O)NC(CS)C(=O)O. The highest BCUT2D eigenvalue weighted by Gasteiger charge is 2.30. The number of thiol groups is 1. The maximum atomic E-state index is 12.7. The van der Waals surface area contributed by atoms with Crippen LogP contribution < -0.4 is 21.7 Å². The lowest BCUT2D eigenvalue weighted by Gasteiger charge is -2.24. The highest BCUT2D eigenvalue weighted by Crippen LogP contribution is 2.12. The van der Waals surface area contributed by atoms with Gasteiger partial charge in [0.2, 0.25) is 17.7 Å². The zero-order valence-corrected chi connectivity index (χ0v) is 18.2. The highest BCUT2D eigenvalue weighted by atomic mass is 32.1. The van der Waals surface area contributed by atoms with Crippen molar-refractivity contribution in [2.75, 3.05) is 12.4 Å². The number of aliphatic hydroxyl groups excluding tert-OH is 1. The molecule has 1 aromatic carbocycles. The van der Waals surface area contributed by atoms with Crippen LogP contribution in [0.15, 0.2) is 24.3 Å². The molecule has 3 amide bonds. The summed E-state index contributed by atoms with van der Waals surface area (Å²) in [4.78, 5) is 59.2. The smallest absolute Gasteiger partial charge is 0.327 e. The maximum absolute atomic E-state index is 12.7. The molecular formula is C19H26N4O9S. The van der Waals surface area contributed by atoms with Crippen molar-refractivity contribution in [3.63, 3.8) is 0 Å². The van der Waals surface area contributed by atoms with Crippen molar-refractivity contribution in [2.45, 2.75) is 37.0 Å². The normalized spacial score (nSPS) is 14.3. The number of nitrogens with two attached hydrogens (primary N) is 1. The van der Waals surface area contributed by atoms with E-state index in [0.717, 1.165) is 0 Å². The Labute approximate surface area is 193 Å². The zero-order valence-electron chi connectivity index (χ0n) is 17.3. The van der Waals surface area contributed by atoms with Crippen molar-refractivity contribution < 1.29 is 44.4 Å². The Morgan fingerprint density at radius 3 is 1.88 bits per heavy atom. The number of hydrogen-bond acceptors (Lipinski definition) is 9. The molecule has 0 aliphatic carbocycles. The minimum absolute atomic E-state index is 0.0365. The molecule has 0 heterocycles. The molecule has 0 spiro atoms. The number of rotatable bonds is 13. The van der Waals surface area contributed by atoms with Crippen molar-refractivity contribution in [1.82, 2.24) is 16.0 Å². The standard InChI is InChI=1S/C19H26N4O9S/c20-11(6-15(26)27)16(28)22-13(7-24)18(30)21-12(5-9-1-3-10(25)4-2-9)17(29)23-14(8-33)19(31)32/h1-4,11-14,24-25,33H,5-8,20H2,(H,21,30)(H,22,28)(H,23,29)(H,26,27)(H,31,32). The van der Waals surface area contributed by atoms with E-state index in [4.69, 9.17) is 15.9 Å². The molecule has 0 aliphatic rings. The van der Waals surface area contributed by atoms with Crippen LogP contribution in [-0.4, -0.2) is 86.6 Å². The molecule has 0 saturated heterocycles. The van der Waals surface area contributed by atoms with Gasteiger partial charge in [0.15, 0.2) is 0 Å². The molecule has 13 nitrogen and oxygen atoms in total. The van der Waals surface area contributed by atoms with Crippen LogP contribution >= 0.6 is 12.6 Å². The first-order valence-corrected chi connectivity index (χ1v) is 10.2. The largest absolute Gasteiger partial charge is 0.508 e. The Morgan fingerprint density at radius 2 is 1.39 bits per heavy atom. The van der Waals surface area contributed by atoms with Crippen molar-refractivity contribution >= 4 is 42.3 Å². The van der Waals surface area contributed by atoms with Gasteiger partial charge >= 0.3 is 11.9 Å². The van der Waals surface area contributed by atoms with Gasteiger partial charge in [0, 0.05) is 12.2 Å². The van der Waals surface area contributed by atoms with E-state index < -0.39 is 66.9 Å². The first-order chi connectivity index (χ1) is 15.5. The van der Waals surface area contributed by atoms with E-state index >= 15 is 0 Å². The summed E-state index contributed by atoms with van der Waals surface area (Å²) in [7, 11) is 0. The monoisotopic (exact) mass is 486 g/mol. The average Bonchev–Trinajstić information content (AvgIpc) is 2.75. The van der Waals surface area contributed by atoms with Crippen LogP contribution in [0.2, 0.25) is 0 Å². The molecule has 0 aromatic heterocycles. The van der Waals surface area contributed by atoms with Gasteiger partial charge in [0.25, 0.3) is 0 Å². The van der Waals surface area contributed by atoms with Crippen molar-refractivity contribution in [3.8, 4) is 5.75 Å². The van der Waals surface area contributed by atoms with Gasteiger partial charge in [-0.3, -0.25) is 19.2 Å². The summed E-state index contributed by atoms with van der Waals surface area (Å²) in [5, 5.41) is 43.4. The number of carboxylic acids is 2. The van der Waals surface area contributed by atoms with Crippen LogP contribution in [0.25, 0.3) is 0 Å².